The second-order valence-corrected chi connectivity index (χ2v) is 12.5. The van der Waals surface area contributed by atoms with Gasteiger partial charge in [0.2, 0.25) is 11.8 Å². The van der Waals surface area contributed by atoms with Crippen molar-refractivity contribution >= 4 is 34.6 Å². The highest BCUT2D eigenvalue weighted by molar-refractivity contribution is 5.93. The molecule has 1 aromatic heterocycles. The standard InChI is InChI=1S/C39H46N4O7/c1-4-49-36(45)24-35(44)32(21-26(2)3)41-37(46)33(22-27-17-19-40-20-18-27)42-38(47)34(43-39(48)50-25-28-11-6-5-7-12-28)23-30-15-10-14-29-13-8-9-16-31(29)30/h5-20,26,32-35,44H,4,21-25H2,1-3H3,(H,41,46)(H,42,47)(H,43,48)/t32?,33-,34-,35?/m0/s1. The smallest absolute Gasteiger partial charge is 0.408 e. The molecular weight excluding hydrogens is 636 g/mol. The van der Waals surface area contributed by atoms with Crippen molar-refractivity contribution in [3.05, 3.63) is 114 Å². The summed E-state index contributed by atoms with van der Waals surface area (Å²) in [5.74, 6) is -1.66. The summed E-state index contributed by atoms with van der Waals surface area (Å²) in [6, 6.07) is 23.1. The number of fused-ring (bicyclic) bond motifs is 1. The Balaban J connectivity index is 1.59. The number of rotatable bonds is 17. The van der Waals surface area contributed by atoms with Crippen LogP contribution in [0, 0.1) is 5.92 Å². The van der Waals surface area contributed by atoms with Gasteiger partial charge >= 0.3 is 12.1 Å². The highest BCUT2D eigenvalue weighted by Gasteiger charge is 2.32. The monoisotopic (exact) mass is 682 g/mol. The number of hydrogen-bond acceptors (Lipinski definition) is 8. The van der Waals surface area contributed by atoms with Crippen molar-refractivity contribution in [2.45, 2.75) is 77.3 Å². The van der Waals surface area contributed by atoms with E-state index in [-0.39, 0.29) is 38.4 Å². The number of aliphatic hydroxyl groups excluding tert-OH is 1. The average molecular weight is 683 g/mol. The SMILES string of the molecule is CCOC(=O)CC(O)C(CC(C)C)NC(=O)[C@H](Cc1ccncc1)NC(=O)[C@H](Cc1cccc2ccccc12)NC(=O)OCc1ccccc1. The van der Waals surface area contributed by atoms with Crippen LogP contribution in [0.5, 0.6) is 0 Å². The Morgan fingerprint density at radius 2 is 1.40 bits per heavy atom. The predicted octanol–water partition coefficient (Wildman–Crippen LogP) is 4.64. The number of aromatic nitrogens is 1. The quantitative estimate of drug-likeness (QED) is 0.117. The Morgan fingerprint density at radius 3 is 2.12 bits per heavy atom. The lowest BCUT2D eigenvalue weighted by atomic mass is 9.96. The fourth-order valence-corrected chi connectivity index (χ4v) is 5.68. The van der Waals surface area contributed by atoms with Crippen molar-refractivity contribution in [3.8, 4) is 0 Å². The molecule has 4 N–H and O–H groups in total. The number of carbonyl (C=O) groups is 4. The van der Waals surface area contributed by atoms with Crippen LogP contribution in [0.1, 0.15) is 50.3 Å². The minimum absolute atomic E-state index is 0.00766. The van der Waals surface area contributed by atoms with E-state index in [9.17, 15) is 24.3 Å². The van der Waals surface area contributed by atoms with Gasteiger partial charge in [-0.3, -0.25) is 19.4 Å². The normalized spacial score (nSPS) is 13.5. The zero-order valence-electron chi connectivity index (χ0n) is 28.7. The molecule has 0 saturated heterocycles. The molecule has 264 valence electrons. The van der Waals surface area contributed by atoms with Crippen molar-refractivity contribution < 1.29 is 33.8 Å². The van der Waals surface area contributed by atoms with Crippen molar-refractivity contribution in [3.63, 3.8) is 0 Å². The highest BCUT2D eigenvalue weighted by Crippen LogP contribution is 2.20. The van der Waals surface area contributed by atoms with Crippen LogP contribution in [-0.4, -0.2) is 64.8 Å². The molecule has 2 unspecified atom stereocenters. The summed E-state index contributed by atoms with van der Waals surface area (Å²) in [5, 5.41) is 21.3. The molecule has 0 aliphatic rings. The molecule has 11 nitrogen and oxygen atoms in total. The molecule has 11 heteroatoms. The second kappa shape index (κ2) is 19.0. The van der Waals surface area contributed by atoms with Crippen LogP contribution >= 0.6 is 0 Å². The summed E-state index contributed by atoms with van der Waals surface area (Å²) in [4.78, 5) is 57.4. The molecule has 0 aliphatic heterocycles. The Bertz CT molecular complexity index is 1700. The maximum absolute atomic E-state index is 14.1. The number of carbonyl (C=O) groups excluding carboxylic acids is 4. The summed E-state index contributed by atoms with van der Waals surface area (Å²) in [5.41, 5.74) is 2.34. The third kappa shape index (κ3) is 11.7. The summed E-state index contributed by atoms with van der Waals surface area (Å²) in [6.45, 7) is 5.73. The molecule has 4 rings (SSSR count). The zero-order valence-corrected chi connectivity index (χ0v) is 28.7. The first-order chi connectivity index (χ1) is 24.1. The number of hydrogen-bond donors (Lipinski definition) is 4. The first-order valence-electron chi connectivity index (χ1n) is 16.9. The van der Waals surface area contributed by atoms with E-state index in [4.69, 9.17) is 9.47 Å². The number of benzene rings is 3. The maximum Gasteiger partial charge on any atom is 0.408 e. The lowest BCUT2D eigenvalue weighted by molar-refractivity contribution is -0.146. The topological polar surface area (TPSA) is 156 Å². The highest BCUT2D eigenvalue weighted by atomic mass is 16.5. The first kappa shape index (κ1) is 37.5. The summed E-state index contributed by atoms with van der Waals surface area (Å²) in [6.07, 6.45) is 1.47. The number of nitrogens with one attached hydrogen (secondary N) is 3. The predicted molar refractivity (Wildman–Crippen MR) is 190 cm³/mol. The summed E-state index contributed by atoms with van der Waals surface area (Å²) < 4.78 is 10.5. The van der Waals surface area contributed by atoms with Crippen LogP contribution in [0.2, 0.25) is 0 Å². The van der Waals surface area contributed by atoms with Gasteiger partial charge in [-0.1, -0.05) is 86.6 Å². The first-order valence-corrected chi connectivity index (χ1v) is 16.9. The molecule has 0 radical (unpaired) electrons. The molecule has 0 saturated carbocycles. The third-order valence-corrected chi connectivity index (χ3v) is 8.15. The number of aliphatic hydroxyl groups is 1. The van der Waals surface area contributed by atoms with Gasteiger partial charge in [0.05, 0.1) is 25.2 Å². The Kier molecular flexibility index (Phi) is 14.3. The minimum Gasteiger partial charge on any atom is -0.466 e. The minimum atomic E-state index is -1.21. The Morgan fingerprint density at radius 1 is 0.740 bits per heavy atom. The van der Waals surface area contributed by atoms with Crippen molar-refractivity contribution in [2.75, 3.05) is 6.61 Å². The van der Waals surface area contributed by atoms with Crippen molar-refractivity contribution in [1.29, 1.82) is 0 Å². The second-order valence-electron chi connectivity index (χ2n) is 12.5. The van der Waals surface area contributed by atoms with Crippen LogP contribution in [-0.2, 0) is 43.3 Å². The van der Waals surface area contributed by atoms with Gasteiger partial charge in [-0.2, -0.15) is 0 Å². The largest absolute Gasteiger partial charge is 0.466 e. The lowest BCUT2D eigenvalue weighted by Crippen LogP contribution is -2.57. The van der Waals surface area contributed by atoms with E-state index in [1.165, 1.54) is 0 Å². The van der Waals surface area contributed by atoms with Crippen molar-refractivity contribution in [1.82, 2.24) is 20.9 Å². The van der Waals surface area contributed by atoms with E-state index in [1.54, 1.807) is 31.5 Å². The number of alkyl carbamates (subject to hydrolysis) is 1. The van der Waals surface area contributed by atoms with Crippen LogP contribution in [0.4, 0.5) is 4.79 Å². The third-order valence-electron chi connectivity index (χ3n) is 8.15. The van der Waals surface area contributed by atoms with Gasteiger partial charge in [-0.15, -0.1) is 0 Å². The lowest BCUT2D eigenvalue weighted by Gasteiger charge is -2.29. The fourth-order valence-electron chi connectivity index (χ4n) is 5.68. The molecule has 1 heterocycles. The molecule has 0 bridgehead atoms. The van der Waals surface area contributed by atoms with E-state index in [2.05, 4.69) is 20.9 Å². The molecule has 4 atom stereocenters. The van der Waals surface area contributed by atoms with Gasteiger partial charge < -0.3 is 30.5 Å². The van der Waals surface area contributed by atoms with Crippen molar-refractivity contribution in [2.24, 2.45) is 5.92 Å². The summed E-state index contributed by atoms with van der Waals surface area (Å²) in [7, 11) is 0. The Labute approximate surface area is 292 Å². The van der Waals surface area contributed by atoms with E-state index >= 15 is 0 Å². The van der Waals surface area contributed by atoms with E-state index in [1.807, 2.05) is 86.6 Å². The number of esters is 1. The van der Waals surface area contributed by atoms with E-state index in [0.29, 0.717) is 6.42 Å². The number of ether oxygens (including phenoxy) is 2. The van der Waals surface area contributed by atoms with Gasteiger partial charge in [0.15, 0.2) is 0 Å². The molecule has 3 aromatic carbocycles. The van der Waals surface area contributed by atoms with E-state index < -0.39 is 48.1 Å². The van der Waals surface area contributed by atoms with Gasteiger partial charge in [0, 0.05) is 25.2 Å². The van der Waals surface area contributed by atoms with Crippen LogP contribution in [0.15, 0.2) is 97.3 Å². The molecule has 3 amide bonds. The van der Waals surface area contributed by atoms with Crippen LogP contribution in [0.3, 0.4) is 0 Å². The van der Waals surface area contributed by atoms with Gasteiger partial charge in [0.25, 0.3) is 0 Å². The fraction of sp³-hybridized carbons (Fsp3) is 0.359. The zero-order chi connectivity index (χ0) is 35.9. The van der Waals surface area contributed by atoms with E-state index in [0.717, 1.165) is 27.5 Å². The molecule has 0 aliphatic carbocycles. The molecule has 4 aromatic rings. The molecule has 0 fully saturated rings. The maximum atomic E-state index is 14.1. The van der Waals surface area contributed by atoms with Crippen LogP contribution in [0.25, 0.3) is 10.8 Å². The number of amides is 3. The molecule has 50 heavy (non-hydrogen) atoms. The molecular formula is C39H46N4O7. The van der Waals surface area contributed by atoms with Crippen LogP contribution < -0.4 is 16.0 Å². The molecule has 0 spiro atoms. The Hall–Kier alpha value is -5.29. The number of nitrogens with zero attached hydrogens (tertiary/aromatic N) is 1. The average Bonchev–Trinajstić information content (AvgIpc) is 3.10. The van der Waals surface area contributed by atoms with Gasteiger partial charge in [-0.25, -0.2) is 4.79 Å². The van der Waals surface area contributed by atoms with Gasteiger partial charge in [-0.05, 0) is 58.9 Å². The summed E-state index contributed by atoms with van der Waals surface area (Å²) >= 11 is 0. The number of pyridine rings is 1. The van der Waals surface area contributed by atoms with Gasteiger partial charge in [0.1, 0.15) is 18.7 Å².